The lowest BCUT2D eigenvalue weighted by molar-refractivity contribution is 0.745. The van der Waals surface area contributed by atoms with Gasteiger partial charge in [0.25, 0.3) is 0 Å². The highest BCUT2D eigenvalue weighted by Crippen LogP contribution is 2.51. The molecular weight excluding hydrogens is 171 g/mol. The van der Waals surface area contributed by atoms with Gasteiger partial charge in [-0.15, -0.1) is 0 Å². The van der Waals surface area contributed by atoms with Gasteiger partial charge in [0.15, 0.2) is 0 Å². The quantitative estimate of drug-likeness (QED) is 0.614. The third-order valence-corrected chi connectivity index (χ3v) is 7.59. The van der Waals surface area contributed by atoms with E-state index < -0.39 is 6.04 Å². The van der Waals surface area contributed by atoms with Gasteiger partial charge in [0.05, 0.1) is 0 Å². The van der Waals surface area contributed by atoms with Gasteiger partial charge in [-0.2, -0.15) is 0 Å². The molecule has 1 saturated heterocycles. The van der Waals surface area contributed by atoms with E-state index in [-0.39, 0.29) is 0 Å². The summed E-state index contributed by atoms with van der Waals surface area (Å²) in [6.07, 6.45) is 11.3. The minimum absolute atomic E-state index is 0.797. The van der Waals surface area contributed by atoms with Crippen LogP contribution in [0.5, 0.6) is 0 Å². The summed E-state index contributed by atoms with van der Waals surface area (Å²) in [5.74, 6) is 0. The minimum Gasteiger partial charge on any atom is -0.0975 e. The molecule has 66 valence electrons. The van der Waals surface area contributed by atoms with Gasteiger partial charge < -0.3 is 0 Å². The fourth-order valence-corrected chi connectivity index (χ4v) is 6.08. The summed E-state index contributed by atoms with van der Waals surface area (Å²) in [7, 11) is 0. The van der Waals surface area contributed by atoms with Gasteiger partial charge in [0, 0.05) is 0 Å². The Morgan fingerprint density at radius 3 is 2.36 bits per heavy atom. The Labute approximate surface area is 75.8 Å². The van der Waals surface area contributed by atoms with Crippen LogP contribution in [0.1, 0.15) is 39.0 Å². The second kappa shape index (κ2) is 4.62. The fraction of sp³-hybridized carbons (Fsp3) is 1.00. The Hall–Kier alpha value is 0.650. The van der Waals surface area contributed by atoms with Gasteiger partial charge >= 0.3 is 0 Å². The second-order valence-corrected chi connectivity index (χ2v) is 9.42. The highest BCUT2D eigenvalue weighted by molar-refractivity contribution is 8.14. The molecule has 1 heterocycles. The molecule has 0 saturated carbocycles. The molecule has 1 rings (SSSR count). The molecule has 0 spiro atoms. The van der Waals surface area contributed by atoms with Crippen LogP contribution < -0.4 is 0 Å². The van der Waals surface area contributed by atoms with Crippen molar-refractivity contribution in [1.29, 1.82) is 0 Å². The zero-order valence-electron chi connectivity index (χ0n) is 7.51. The van der Waals surface area contributed by atoms with Crippen molar-refractivity contribution in [3.05, 3.63) is 0 Å². The molecule has 0 amide bonds. The van der Waals surface area contributed by atoms with Crippen LogP contribution in [0, 0.1) is 0 Å². The largest absolute Gasteiger partial charge is 0.0975 e. The maximum atomic E-state index is 5.73. The third kappa shape index (κ3) is 3.25. The smallest absolute Gasteiger partial charge is 0.0235 e. The summed E-state index contributed by atoms with van der Waals surface area (Å²) in [6.45, 7) is 2.27. The highest BCUT2D eigenvalue weighted by atomic mass is 32.4. The molecule has 11 heavy (non-hydrogen) atoms. The van der Waals surface area contributed by atoms with E-state index >= 15 is 0 Å². The van der Waals surface area contributed by atoms with Gasteiger partial charge in [-0.25, -0.2) is 0 Å². The first-order valence-electron chi connectivity index (χ1n) is 4.84. The van der Waals surface area contributed by atoms with E-state index in [9.17, 15) is 0 Å². The van der Waals surface area contributed by atoms with Crippen LogP contribution in [0.15, 0.2) is 0 Å². The minimum atomic E-state index is -0.797. The van der Waals surface area contributed by atoms with Crippen molar-refractivity contribution in [1.82, 2.24) is 0 Å². The lowest BCUT2D eigenvalue weighted by Crippen LogP contribution is -2.05. The van der Waals surface area contributed by atoms with E-state index in [1.807, 2.05) is 0 Å². The Kier molecular flexibility index (Phi) is 4.09. The average Bonchev–Trinajstić information content (AvgIpc) is 2.03. The van der Waals surface area contributed by atoms with E-state index in [4.69, 9.17) is 11.8 Å². The van der Waals surface area contributed by atoms with E-state index in [0.29, 0.717) is 0 Å². The van der Waals surface area contributed by atoms with Crippen LogP contribution in [0.3, 0.4) is 0 Å². The van der Waals surface area contributed by atoms with E-state index in [1.54, 1.807) is 0 Å². The molecule has 0 aromatic heterocycles. The molecular formula is C9H19PS. The molecule has 2 heteroatoms. The summed E-state index contributed by atoms with van der Waals surface area (Å²) >= 11 is 5.73. The number of hydrogen-bond acceptors (Lipinski definition) is 1. The van der Waals surface area contributed by atoms with Crippen molar-refractivity contribution in [2.75, 3.05) is 18.5 Å². The lowest BCUT2D eigenvalue weighted by Gasteiger charge is -2.26. The van der Waals surface area contributed by atoms with Gasteiger partial charge in [0.1, 0.15) is 0 Å². The molecule has 0 unspecified atom stereocenters. The summed E-state index contributed by atoms with van der Waals surface area (Å²) < 4.78 is 0. The van der Waals surface area contributed by atoms with Gasteiger partial charge in [0.2, 0.25) is 0 Å². The molecule has 1 aliphatic heterocycles. The number of hydrogen-bond donors (Lipinski definition) is 0. The Morgan fingerprint density at radius 1 is 1.18 bits per heavy atom. The van der Waals surface area contributed by atoms with Gasteiger partial charge in [-0.1, -0.05) is 31.6 Å². The molecule has 1 aliphatic rings. The third-order valence-electron chi connectivity index (χ3n) is 2.55. The van der Waals surface area contributed by atoms with E-state index in [1.165, 1.54) is 50.6 Å². The average molecular weight is 190 g/mol. The van der Waals surface area contributed by atoms with Crippen LogP contribution in [-0.2, 0) is 11.8 Å². The topological polar surface area (TPSA) is 0 Å². The van der Waals surface area contributed by atoms with Crippen molar-refractivity contribution >= 4 is 17.8 Å². The first-order valence-corrected chi connectivity index (χ1v) is 8.20. The van der Waals surface area contributed by atoms with Gasteiger partial charge in [-0.3, -0.25) is 0 Å². The zero-order chi connectivity index (χ0) is 8.16. The predicted molar refractivity (Wildman–Crippen MR) is 57.6 cm³/mol. The predicted octanol–water partition coefficient (Wildman–Crippen LogP) is 3.45. The molecule has 0 nitrogen and oxygen atoms in total. The number of rotatable bonds is 3. The summed E-state index contributed by atoms with van der Waals surface area (Å²) in [5, 5.41) is 0. The van der Waals surface area contributed by atoms with Crippen LogP contribution in [0.25, 0.3) is 0 Å². The number of unbranched alkanes of at least 4 members (excludes halogenated alkanes) is 1. The fourth-order valence-electron chi connectivity index (χ4n) is 1.76. The molecule has 1 fully saturated rings. The maximum Gasteiger partial charge on any atom is -0.0235 e. The van der Waals surface area contributed by atoms with Crippen LogP contribution >= 0.6 is 6.04 Å². The standard InChI is InChI=1S/C9H19PS/c1-2-3-7-10(11)8-5-4-6-9-10/h2-9H2,1H3. The summed E-state index contributed by atoms with van der Waals surface area (Å²) in [6, 6.07) is -0.797. The molecule has 0 radical (unpaired) electrons. The molecule has 0 aromatic rings. The van der Waals surface area contributed by atoms with E-state index in [2.05, 4.69) is 6.92 Å². The van der Waals surface area contributed by atoms with Crippen molar-refractivity contribution in [2.45, 2.75) is 39.0 Å². The van der Waals surface area contributed by atoms with Crippen LogP contribution in [0.4, 0.5) is 0 Å². The normalized spacial score (nSPS) is 23.4. The van der Waals surface area contributed by atoms with E-state index in [0.717, 1.165) is 0 Å². The molecule has 0 aromatic carbocycles. The maximum absolute atomic E-state index is 5.73. The molecule has 0 bridgehead atoms. The SMILES string of the molecule is CCCCP1(=S)CCCCC1. The van der Waals surface area contributed by atoms with Crippen LogP contribution in [0.2, 0.25) is 0 Å². The Balaban J connectivity index is 2.32. The first-order chi connectivity index (χ1) is 5.27. The van der Waals surface area contributed by atoms with Crippen molar-refractivity contribution in [3.8, 4) is 0 Å². The monoisotopic (exact) mass is 190 g/mol. The van der Waals surface area contributed by atoms with Gasteiger partial charge in [-0.05, 0) is 43.8 Å². The second-order valence-electron chi connectivity index (χ2n) is 3.64. The summed E-state index contributed by atoms with van der Waals surface area (Å²) in [4.78, 5) is 0. The summed E-state index contributed by atoms with van der Waals surface area (Å²) in [5.41, 5.74) is 0. The molecule has 0 aliphatic carbocycles. The lowest BCUT2D eigenvalue weighted by atomic mass is 10.3. The first kappa shape index (κ1) is 9.74. The Morgan fingerprint density at radius 2 is 1.82 bits per heavy atom. The van der Waals surface area contributed by atoms with Crippen molar-refractivity contribution in [2.24, 2.45) is 0 Å². The molecule has 0 atom stereocenters. The highest BCUT2D eigenvalue weighted by Gasteiger charge is 2.18. The zero-order valence-corrected chi connectivity index (χ0v) is 9.22. The van der Waals surface area contributed by atoms with Crippen molar-refractivity contribution < 1.29 is 0 Å². The van der Waals surface area contributed by atoms with Crippen LogP contribution in [-0.4, -0.2) is 18.5 Å². The molecule has 0 N–H and O–H groups in total. The Bertz CT molecular complexity index is 144. The van der Waals surface area contributed by atoms with Crippen molar-refractivity contribution in [3.63, 3.8) is 0 Å².